The highest BCUT2D eigenvalue weighted by Crippen LogP contribution is 2.23. The Morgan fingerprint density at radius 1 is 1.47 bits per heavy atom. The van der Waals surface area contributed by atoms with Crippen LogP contribution in [0.4, 0.5) is 5.95 Å². The molecule has 2 N–H and O–H groups in total. The number of hydrogen-bond acceptors (Lipinski definition) is 6. The zero-order valence-electron chi connectivity index (χ0n) is 10.8. The number of carboxylic acid groups (broad SMARTS) is 1. The molecule has 0 saturated heterocycles. The quantitative estimate of drug-likeness (QED) is 0.868. The topological polar surface area (TPSA) is 101 Å². The van der Waals surface area contributed by atoms with Gasteiger partial charge in [0.05, 0.1) is 11.7 Å². The van der Waals surface area contributed by atoms with Gasteiger partial charge in [-0.3, -0.25) is 0 Å². The molecule has 2 heterocycles. The van der Waals surface area contributed by atoms with Crippen molar-refractivity contribution in [3.05, 3.63) is 35.0 Å². The summed E-state index contributed by atoms with van der Waals surface area (Å²) in [6, 6.07) is 1.21. The molecule has 0 aliphatic carbocycles. The maximum absolute atomic E-state index is 10.8. The number of carbonyl (C=O) groups is 1. The molecule has 0 spiro atoms. The third-order valence-electron chi connectivity index (χ3n) is 2.74. The Hall–Kier alpha value is -2.44. The first kappa shape index (κ1) is 13.0. The molecule has 0 saturated carbocycles. The average Bonchev–Trinajstić information content (AvgIpc) is 2.69. The molecule has 1 unspecified atom stereocenters. The number of anilines is 1. The van der Waals surface area contributed by atoms with Crippen molar-refractivity contribution in [2.24, 2.45) is 0 Å². The van der Waals surface area contributed by atoms with Crippen molar-refractivity contribution in [1.29, 1.82) is 0 Å². The summed E-state index contributed by atoms with van der Waals surface area (Å²) < 4.78 is 5.09. The van der Waals surface area contributed by atoms with Crippen molar-refractivity contribution in [1.82, 2.24) is 15.1 Å². The summed E-state index contributed by atoms with van der Waals surface area (Å²) in [4.78, 5) is 18.7. The van der Waals surface area contributed by atoms with E-state index in [4.69, 9.17) is 9.63 Å². The van der Waals surface area contributed by atoms with Crippen LogP contribution in [0.25, 0.3) is 0 Å². The summed E-state index contributed by atoms with van der Waals surface area (Å²) in [6.45, 7) is 5.57. The molecule has 0 aromatic carbocycles. The van der Waals surface area contributed by atoms with Gasteiger partial charge in [-0.15, -0.1) is 0 Å². The molecule has 0 aliphatic rings. The fourth-order valence-corrected chi connectivity index (χ4v) is 1.92. The van der Waals surface area contributed by atoms with E-state index in [0.29, 0.717) is 5.76 Å². The molecular formula is C12H14N4O3. The summed E-state index contributed by atoms with van der Waals surface area (Å²) >= 11 is 0. The van der Waals surface area contributed by atoms with Gasteiger partial charge in [0.2, 0.25) is 5.95 Å². The SMILES string of the molecule is Cc1noc(C)c1C(C)Nc1nccc(C(=O)O)n1. The van der Waals surface area contributed by atoms with E-state index in [9.17, 15) is 4.79 Å². The molecule has 2 aromatic heterocycles. The molecule has 0 radical (unpaired) electrons. The average molecular weight is 262 g/mol. The Balaban J connectivity index is 2.22. The number of nitrogens with zero attached hydrogens (tertiary/aromatic N) is 3. The van der Waals surface area contributed by atoms with E-state index >= 15 is 0 Å². The smallest absolute Gasteiger partial charge is 0.354 e. The van der Waals surface area contributed by atoms with Crippen LogP contribution in [0.5, 0.6) is 0 Å². The number of rotatable bonds is 4. The van der Waals surface area contributed by atoms with Crippen molar-refractivity contribution in [3.8, 4) is 0 Å². The van der Waals surface area contributed by atoms with Crippen LogP contribution in [0.15, 0.2) is 16.8 Å². The molecule has 2 rings (SSSR count). The molecule has 100 valence electrons. The summed E-state index contributed by atoms with van der Waals surface area (Å²) in [7, 11) is 0. The number of hydrogen-bond donors (Lipinski definition) is 2. The fraction of sp³-hybridized carbons (Fsp3) is 0.333. The molecule has 0 bridgehead atoms. The lowest BCUT2D eigenvalue weighted by Gasteiger charge is -2.13. The van der Waals surface area contributed by atoms with E-state index in [1.54, 1.807) is 0 Å². The predicted molar refractivity (Wildman–Crippen MR) is 67.0 cm³/mol. The third kappa shape index (κ3) is 2.70. The first-order valence-electron chi connectivity index (χ1n) is 5.74. The van der Waals surface area contributed by atoms with Crippen LogP contribution in [0.1, 0.15) is 40.5 Å². The van der Waals surface area contributed by atoms with Crippen LogP contribution in [0.2, 0.25) is 0 Å². The second-order valence-electron chi connectivity index (χ2n) is 4.17. The van der Waals surface area contributed by atoms with Crippen molar-refractivity contribution in [3.63, 3.8) is 0 Å². The zero-order chi connectivity index (χ0) is 14.0. The van der Waals surface area contributed by atoms with Crippen LogP contribution in [0, 0.1) is 13.8 Å². The van der Waals surface area contributed by atoms with Gasteiger partial charge in [-0.05, 0) is 26.8 Å². The summed E-state index contributed by atoms with van der Waals surface area (Å²) in [5.74, 6) is -0.116. The molecule has 7 nitrogen and oxygen atoms in total. The molecule has 0 fully saturated rings. The predicted octanol–water partition coefficient (Wildman–Crippen LogP) is 1.95. The lowest BCUT2D eigenvalue weighted by Crippen LogP contribution is -2.12. The summed E-state index contributed by atoms with van der Waals surface area (Å²) in [5, 5.41) is 15.8. The largest absolute Gasteiger partial charge is 0.477 e. The standard InChI is InChI=1S/C12H14N4O3/c1-6(10-7(2)16-19-8(10)3)14-12-13-5-4-9(15-12)11(17)18/h4-6H,1-3H3,(H,17,18)(H,13,14,15). The van der Waals surface area contributed by atoms with Gasteiger partial charge >= 0.3 is 5.97 Å². The third-order valence-corrected chi connectivity index (χ3v) is 2.74. The van der Waals surface area contributed by atoms with Crippen LogP contribution >= 0.6 is 0 Å². The van der Waals surface area contributed by atoms with Crippen molar-refractivity contribution in [2.75, 3.05) is 5.32 Å². The maximum Gasteiger partial charge on any atom is 0.354 e. The Morgan fingerprint density at radius 2 is 2.21 bits per heavy atom. The van der Waals surface area contributed by atoms with E-state index in [-0.39, 0.29) is 17.7 Å². The van der Waals surface area contributed by atoms with E-state index in [2.05, 4.69) is 20.4 Å². The van der Waals surface area contributed by atoms with E-state index in [1.165, 1.54) is 12.3 Å². The van der Waals surface area contributed by atoms with Gasteiger partial charge in [0.1, 0.15) is 5.76 Å². The zero-order valence-corrected chi connectivity index (χ0v) is 10.8. The second kappa shape index (κ2) is 5.05. The number of carboxylic acids is 1. The van der Waals surface area contributed by atoms with Crippen molar-refractivity contribution >= 4 is 11.9 Å². The summed E-state index contributed by atoms with van der Waals surface area (Å²) in [5.41, 5.74) is 1.65. The van der Waals surface area contributed by atoms with E-state index in [0.717, 1.165) is 11.3 Å². The van der Waals surface area contributed by atoms with Gasteiger partial charge in [-0.2, -0.15) is 0 Å². The highest BCUT2D eigenvalue weighted by molar-refractivity contribution is 5.85. The lowest BCUT2D eigenvalue weighted by molar-refractivity contribution is 0.0690. The van der Waals surface area contributed by atoms with Gasteiger partial charge in [-0.25, -0.2) is 14.8 Å². The van der Waals surface area contributed by atoms with Crippen LogP contribution in [-0.4, -0.2) is 26.2 Å². The molecular weight excluding hydrogens is 248 g/mol. The molecule has 2 aromatic rings. The molecule has 19 heavy (non-hydrogen) atoms. The molecule has 0 aliphatic heterocycles. The minimum Gasteiger partial charge on any atom is -0.477 e. The Kier molecular flexibility index (Phi) is 3.46. The van der Waals surface area contributed by atoms with Crippen LogP contribution in [-0.2, 0) is 0 Å². The Bertz CT molecular complexity index is 589. The highest BCUT2D eigenvalue weighted by atomic mass is 16.5. The van der Waals surface area contributed by atoms with Gasteiger partial charge in [-0.1, -0.05) is 5.16 Å². The normalized spacial score (nSPS) is 12.2. The molecule has 0 amide bonds. The van der Waals surface area contributed by atoms with Gasteiger partial charge in [0.25, 0.3) is 0 Å². The minimum absolute atomic E-state index is 0.0523. The molecule has 7 heteroatoms. The van der Waals surface area contributed by atoms with E-state index in [1.807, 2.05) is 20.8 Å². The fourth-order valence-electron chi connectivity index (χ4n) is 1.92. The lowest BCUT2D eigenvalue weighted by atomic mass is 10.1. The maximum atomic E-state index is 10.8. The van der Waals surface area contributed by atoms with Crippen LogP contribution in [0.3, 0.4) is 0 Å². The summed E-state index contributed by atoms with van der Waals surface area (Å²) in [6.07, 6.45) is 1.40. The van der Waals surface area contributed by atoms with Gasteiger partial charge in [0, 0.05) is 11.8 Å². The monoisotopic (exact) mass is 262 g/mol. The second-order valence-corrected chi connectivity index (χ2v) is 4.17. The van der Waals surface area contributed by atoms with E-state index < -0.39 is 5.97 Å². The first-order chi connectivity index (χ1) is 8.99. The van der Waals surface area contributed by atoms with Gasteiger partial charge in [0.15, 0.2) is 5.69 Å². The Labute approximate surface area is 109 Å². The van der Waals surface area contributed by atoms with Crippen LogP contribution < -0.4 is 5.32 Å². The first-order valence-corrected chi connectivity index (χ1v) is 5.74. The molecule has 1 atom stereocenters. The highest BCUT2D eigenvalue weighted by Gasteiger charge is 2.17. The number of aromatic nitrogens is 3. The van der Waals surface area contributed by atoms with Crippen molar-refractivity contribution < 1.29 is 14.4 Å². The Morgan fingerprint density at radius 3 is 2.79 bits per heavy atom. The number of aryl methyl sites for hydroxylation is 2. The number of nitrogens with one attached hydrogen (secondary N) is 1. The van der Waals surface area contributed by atoms with Gasteiger partial charge < -0.3 is 14.9 Å². The number of aromatic carboxylic acids is 1. The minimum atomic E-state index is -1.09. The van der Waals surface area contributed by atoms with Crippen molar-refractivity contribution in [2.45, 2.75) is 26.8 Å².